The van der Waals surface area contributed by atoms with Gasteiger partial charge in [0.25, 0.3) is 0 Å². The Bertz CT molecular complexity index is 428. The van der Waals surface area contributed by atoms with Crippen LogP contribution in [0.15, 0.2) is 22.7 Å². The van der Waals surface area contributed by atoms with Crippen LogP contribution in [0.3, 0.4) is 0 Å². The minimum absolute atomic E-state index is 0.0334. The highest BCUT2D eigenvalue weighted by Gasteiger charge is 2.18. The second-order valence-electron chi connectivity index (χ2n) is 3.64. The van der Waals surface area contributed by atoms with E-state index in [2.05, 4.69) is 21.2 Å². The smallest absolute Gasteiger partial charge is 0.317 e. The maximum Gasteiger partial charge on any atom is 0.317 e. The largest absolute Gasteiger partial charge is 0.490 e. The fourth-order valence-corrected chi connectivity index (χ4v) is 2.09. The van der Waals surface area contributed by atoms with Gasteiger partial charge in [-0.05, 0) is 18.2 Å². The average Bonchev–Trinajstić information content (AvgIpc) is 2.70. The third kappa shape index (κ3) is 3.26. The van der Waals surface area contributed by atoms with E-state index in [9.17, 15) is 4.79 Å². The van der Waals surface area contributed by atoms with Gasteiger partial charge in [-0.2, -0.15) is 0 Å². The normalized spacial score (nSPS) is 14.9. The fourth-order valence-electron chi connectivity index (χ4n) is 1.58. The molecule has 1 aromatic carbocycles. The molecular formula is C11H12BrClN2O2. The zero-order valence-corrected chi connectivity index (χ0v) is 11.4. The maximum absolute atomic E-state index is 11.3. The van der Waals surface area contributed by atoms with Crippen LogP contribution in [-0.4, -0.2) is 37.2 Å². The first-order valence-corrected chi connectivity index (χ1v) is 6.44. The van der Waals surface area contributed by atoms with E-state index in [4.69, 9.17) is 16.3 Å². The van der Waals surface area contributed by atoms with Gasteiger partial charge in [0.1, 0.15) is 12.4 Å². The Balaban J connectivity index is 1.85. The van der Waals surface area contributed by atoms with Crippen LogP contribution >= 0.6 is 27.5 Å². The van der Waals surface area contributed by atoms with Gasteiger partial charge in [0.05, 0.1) is 11.6 Å². The molecule has 1 saturated heterocycles. The van der Waals surface area contributed by atoms with Crippen molar-refractivity contribution >= 4 is 33.6 Å². The van der Waals surface area contributed by atoms with Crippen LogP contribution in [0.2, 0.25) is 5.02 Å². The minimum Gasteiger partial charge on any atom is -0.490 e. The molecule has 1 fully saturated rings. The Morgan fingerprint density at radius 3 is 3.06 bits per heavy atom. The number of amides is 2. The number of carbonyl (C=O) groups excluding carboxylic acids is 1. The van der Waals surface area contributed by atoms with E-state index in [1.807, 2.05) is 12.1 Å². The van der Waals surface area contributed by atoms with E-state index < -0.39 is 0 Å². The molecular weight excluding hydrogens is 307 g/mol. The highest BCUT2D eigenvalue weighted by molar-refractivity contribution is 9.10. The number of nitrogens with one attached hydrogen (secondary N) is 1. The SMILES string of the molecule is O=C1NCCN1CCOc1cc(Br)ccc1Cl. The van der Waals surface area contributed by atoms with Crippen molar-refractivity contribution in [1.82, 2.24) is 10.2 Å². The Morgan fingerprint density at radius 1 is 1.53 bits per heavy atom. The van der Waals surface area contributed by atoms with E-state index in [1.54, 1.807) is 11.0 Å². The lowest BCUT2D eigenvalue weighted by atomic mass is 10.3. The van der Waals surface area contributed by atoms with Crippen LogP contribution in [0.4, 0.5) is 4.79 Å². The zero-order chi connectivity index (χ0) is 12.3. The summed E-state index contributed by atoms with van der Waals surface area (Å²) in [5, 5.41) is 3.31. The number of nitrogens with zero attached hydrogens (tertiary/aromatic N) is 1. The van der Waals surface area contributed by atoms with E-state index in [1.165, 1.54) is 0 Å². The molecule has 1 aromatic rings. The average molecular weight is 320 g/mol. The lowest BCUT2D eigenvalue weighted by Crippen LogP contribution is -2.31. The number of hydrogen-bond donors (Lipinski definition) is 1. The molecule has 0 radical (unpaired) electrons. The van der Waals surface area contributed by atoms with Gasteiger partial charge in [-0.25, -0.2) is 4.79 Å². The van der Waals surface area contributed by atoms with Gasteiger partial charge < -0.3 is 15.0 Å². The number of urea groups is 1. The summed E-state index contributed by atoms with van der Waals surface area (Å²) < 4.78 is 6.46. The third-order valence-electron chi connectivity index (χ3n) is 2.46. The molecule has 17 heavy (non-hydrogen) atoms. The first-order valence-electron chi connectivity index (χ1n) is 5.27. The summed E-state index contributed by atoms with van der Waals surface area (Å²) >= 11 is 9.33. The summed E-state index contributed by atoms with van der Waals surface area (Å²) in [4.78, 5) is 13.0. The molecule has 1 aliphatic rings. The van der Waals surface area contributed by atoms with Crippen molar-refractivity contribution in [3.05, 3.63) is 27.7 Å². The Kier molecular flexibility index (Phi) is 4.12. The van der Waals surface area contributed by atoms with Crippen LogP contribution < -0.4 is 10.1 Å². The number of rotatable bonds is 4. The second-order valence-corrected chi connectivity index (χ2v) is 4.97. The van der Waals surface area contributed by atoms with Crippen molar-refractivity contribution in [2.75, 3.05) is 26.2 Å². The summed E-state index contributed by atoms with van der Waals surface area (Å²) in [6.45, 7) is 2.43. The maximum atomic E-state index is 11.3. The summed E-state index contributed by atoms with van der Waals surface area (Å²) in [7, 11) is 0. The molecule has 1 aliphatic heterocycles. The van der Waals surface area contributed by atoms with E-state index in [0.29, 0.717) is 30.5 Å². The first kappa shape index (κ1) is 12.5. The molecule has 0 spiro atoms. The molecule has 0 aliphatic carbocycles. The van der Waals surface area contributed by atoms with Gasteiger partial charge in [-0.15, -0.1) is 0 Å². The van der Waals surface area contributed by atoms with Gasteiger partial charge in [-0.3, -0.25) is 0 Å². The van der Waals surface area contributed by atoms with Crippen LogP contribution in [0.1, 0.15) is 0 Å². The molecule has 4 nitrogen and oxygen atoms in total. The molecule has 0 unspecified atom stereocenters. The van der Waals surface area contributed by atoms with Crippen molar-refractivity contribution in [1.29, 1.82) is 0 Å². The van der Waals surface area contributed by atoms with Crippen LogP contribution in [0, 0.1) is 0 Å². The number of carbonyl (C=O) groups is 1. The molecule has 0 atom stereocenters. The molecule has 0 saturated carbocycles. The van der Waals surface area contributed by atoms with E-state index >= 15 is 0 Å². The predicted octanol–water partition coefficient (Wildman–Crippen LogP) is 2.51. The van der Waals surface area contributed by atoms with Gasteiger partial charge in [0.15, 0.2) is 0 Å². The lowest BCUT2D eigenvalue weighted by Gasteiger charge is -2.15. The van der Waals surface area contributed by atoms with Gasteiger partial charge in [-0.1, -0.05) is 27.5 Å². The Hall–Kier alpha value is -0.940. The van der Waals surface area contributed by atoms with Crippen molar-refractivity contribution in [2.45, 2.75) is 0 Å². The number of hydrogen-bond acceptors (Lipinski definition) is 2. The summed E-state index contributed by atoms with van der Waals surface area (Å²) in [5.41, 5.74) is 0. The van der Waals surface area contributed by atoms with E-state index in [-0.39, 0.29) is 6.03 Å². The van der Waals surface area contributed by atoms with E-state index in [0.717, 1.165) is 11.0 Å². The molecule has 2 amide bonds. The summed E-state index contributed by atoms with van der Waals surface area (Å²) in [6, 6.07) is 5.40. The summed E-state index contributed by atoms with van der Waals surface area (Å²) in [5.74, 6) is 0.626. The molecule has 2 rings (SSSR count). The Labute approximate surface area is 113 Å². The molecule has 92 valence electrons. The zero-order valence-electron chi connectivity index (χ0n) is 9.08. The molecule has 0 bridgehead atoms. The Morgan fingerprint density at radius 2 is 2.35 bits per heavy atom. The lowest BCUT2D eigenvalue weighted by molar-refractivity contribution is 0.202. The standard InChI is InChI=1S/C11H12BrClN2O2/c12-8-1-2-9(13)10(7-8)17-6-5-15-4-3-14-11(15)16/h1-2,7H,3-6H2,(H,14,16). The van der Waals surface area contributed by atoms with Crippen molar-refractivity contribution in [3.63, 3.8) is 0 Å². The monoisotopic (exact) mass is 318 g/mol. The number of benzene rings is 1. The third-order valence-corrected chi connectivity index (χ3v) is 3.26. The topological polar surface area (TPSA) is 41.6 Å². The van der Waals surface area contributed by atoms with Crippen LogP contribution in [0.5, 0.6) is 5.75 Å². The molecule has 6 heteroatoms. The van der Waals surface area contributed by atoms with Crippen LogP contribution in [0.25, 0.3) is 0 Å². The highest BCUT2D eigenvalue weighted by Crippen LogP contribution is 2.27. The highest BCUT2D eigenvalue weighted by atomic mass is 79.9. The van der Waals surface area contributed by atoms with Gasteiger partial charge in [0, 0.05) is 17.6 Å². The number of ether oxygens (including phenoxy) is 1. The van der Waals surface area contributed by atoms with Gasteiger partial charge in [0.2, 0.25) is 0 Å². The quantitative estimate of drug-likeness (QED) is 0.926. The first-order chi connectivity index (χ1) is 8.16. The predicted molar refractivity (Wildman–Crippen MR) is 69.6 cm³/mol. The summed E-state index contributed by atoms with van der Waals surface area (Å²) in [6.07, 6.45) is 0. The fraction of sp³-hybridized carbons (Fsp3) is 0.364. The minimum atomic E-state index is -0.0334. The molecule has 0 aromatic heterocycles. The van der Waals surface area contributed by atoms with Gasteiger partial charge >= 0.3 is 6.03 Å². The van der Waals surface area contributed by atoms with Crippen LogP contribution in [-0.2, 0) is 0 Å². The van der Waals surface area contributed by atoms with Crippen molar-refractivity contribution in [3.8, 4) is 5.75 Å². The molecule has 1 N–H and O–H groups in total. The van der Waals surface area contributed by atoms with Crippen molar-refractivity contribution < 1.29 is 9.53 Å². The van der Waals surface area contributed by atoms with Crippen molar-refractivity contribution in [2.24, 2.45) is 0 Å². The number of halogens is 2. The second kappa shape index (κ2) is 5.60. The molecule has 1 heterocycles.